The Morgan fingerprint density at radius 2 is 2.19 bits per heavy atom. The van der Waals surface area contributed by atoms with Crippen LogP contribution in [0.4, 0.5) is 13.2 Å². The van der Waals surface area contributed by atoms with Gasteiger partial charge in [-0.15, -0.1) is 11.3 Å². The van der Waals surface area contributed by atoms with Crippen molar-refractivity contribution in [1.82, 2.24) is 10.3 Å². The molecule has 2 aromatic rings. The smallest absolute Gasteiger partial charge is 0.316 e. The maximum atomic E-state index is 12.7. The second-order valence-electron chi connectivity index (χ2n) is 5.54. The third kappa shape index (κ3) is 3.55. The average Bonchev–Trinajstić information content (AvgIpc) is 2.87. The van der Waals surface area contributed by atoms with E-state index in [-0.39, 0.29) is 0 Å². The maximum absolute atomic E-state index is 12.7. The van der Waals surface area contributed by atoms with Crippen molar-refractivity contribution in [1.29, 1.82) is 0 Å². The van der Waals surface area contributed by atoms with Crippen LogP contribution < -0.4 is 5.32 Å². The first-order valence-electron chi connectivity index (χ1n) is 7.20. The molecule has 2 heterocycles. The molecule has 0 bridgehead atoms. The van der Waals surface area contributed by atoms with Gasteiger partial charge >= 0.3 is 6.18 Å². The number of fused-ring (bicyclic) bond motifs is 1. The fourth-order valence-corrected chi connectivity index (χ4v) is 3.72. The Kier molecular flexibility index (Phi) is 4.17. The van der Waals surface area contributed by atoms with Gasteiger partial charge in [0.1, 0.15) is 0 Å². The second-order valence-corrected chi connectivity index (χ2v) is 6.65. The van der Waals surface area contributed by atoms with Gasteiger partial charge in [-0.25, -0.2) is 4.98 Å². The molecule has 0 saturated carbocycles. The molecule has 0 aliphatic carbocycles. The van der Waals surface area contributed by atoms with Crippen LogP contribution in [-0.4, -0.2) is 18.1 Å². The number of nitrogens with one attached hydrogen (secondary N) is 1. The molecular weight excluding hydrogens is 297 g/mol. The molecular formula is C15H17F3N2S. The molecule has 114 valence electrons. The van der Waals surface area contributed by atoms with Crippen molar-refractivity contribution in [2.24, 2.45) is 5.92 Å². The molecule has 1 aromatic carbocycles. The number of thiazole rings is 1. The van der Waals surface area contributed by atoms with E-state index >= 15 is 0 Å². The molecule has 0 radical (unpaired) electrons. The lowest BCUT2D eigenvalue weighted by molar-refractivity contribution is -0.137. The van der Waals surface area contributed by atoms with Crippen LogP contribution in [0, 0.1) is 5.92 Å². The summed E-state index contributed by atoms with van der Waals surface area (Å²) in [6.07, 6.45) is 0.0489. The fourth-order valence-electron chi connectivity index (χ4n) is 2.76. The van der Waals surface area contributed by atoms with Gasteiger partial charge in [-0.05, 0) is 62.9 Å². The Morgan fingerprint density at radius 1 is 1.33 bits per heavy atom. The first-order valence-corrected chi connectivity index (χ1v) is 8.01. The van der Waals surface area contributed by atoms with Gasteiger partial charge < -0.3 is 5.32 Å². The highest BCUT2D eigenvalue weighted by atomic mass is 32.1. The van der Waals surface area contributed by atoms with E-state index in [0.29, 0.717) is 11.4 Å². The summed E-state index contributed by atoms with van der Waals surface area (Å²) in [5, 5.41) is 4.32. The van der Waals surface area contributed by atoms with E-state index in [1.807, 2.05) is 0 Å². The number of rotatable bonds is 3. The van der Waals surface area contributed by atoms with Crippen molar-refractivity contribution in [3.8, 4) is 0 Å². The van der Waals surface area contributed by atoms with Crippen LogP contribution in [0.5, 0.6) is 0 Å². The molecule has 1 unspecified atom stereocenters. The Hall–Kier alpha value is -1.14. The molecule has 1 aromatic heterocycles. The van der Waals surface area contributed by atoms with Crippen molar-refractivity contribution >= 4 is 21.6 Å². The molecule has 21 heavy (non-hydrogen) atoms. The van der Waals surface area contributed by atoms with Gasteiger partial charge in [0.25, 0.3) is 0 Å². The topological polar surface area (TPSA) is 24.9 Å². The van der Waals surface area contributed by atoms with Crippen LogP contribution in [0.15, 0.2) is 18.2 Å². The quantitative estimate of drug-likeness (QED) is 0.916. The van der Waals surface area contributed by atoms with Crippen molar-refractivity contribution in [2.45, 2.75) is 31.9 Å². The van der Waals surface area contributed by atoms with Crippen LogP contribution in [0.3, 0.4) is 0 Å². The van der Waals surface area contributed by atoms with E-state index in [0.717, 1.165) is 47.8 Å². The SMILES string of the molecule is FC(F)(F)c1ccc2sc(CCC3CCCNC3)nc2c1. The minimum atomic E-state index is -4.30. The summed E-state index contributed by atoms with van der Waals surface area (Å²) in [6.45, 7) is 2.14. The predicted octanol–water partition coefficient (Wildman–Crippen LogP) is 4.25. The Labute approximate surface area is 125 Å². The lowest BCUT2D eigenvalue weighted by Crippen LogP contribution is -2.29. The molecule has 1 atom stereocenters. The normalized spacial score (nSPS) is 20.0. The molecule has 1 N–H and O–H groups in total. The van der Waals surface area contributed by atoms with Crippen LogP contribution in [0.25, 0.3) is 10.2 Å². The van der Waals surface area contributed by atoms with E-state index in [1.165, 1.54) is 30.2 Å². The van der Waals surface area contributed by atoms with Crippen LogP contribution in [0.1, 0.15) is 29.8 Å². The summed E-state index contributed by atoms with van der Waals surface area (Å²) in [6, 6.07) is 3.81. The van der Waals surface area contributed by atoms with E-state index in [2.05, 4.69) is 10.3 Å². The van der Waals surface area contributed by atoms with E-state index < -0.39 is 11.7 Å². The Morgan fingerprint density at radius 3 is 2.90 bits per heavy atom. The second kappa shape index (κ2) is 5.93. The number of halogens is 3. The monoisotopic (exact) mass is 314 g/mol. The van der Waals surface area contributed by atoms with Gasteiger partial charge in [0, 0.05) is 0 Å². The Bertz CT molecular complexity index is 615. The largest absolute Gasteiger partial charge is 0.416 e. The summed E-state index contributed by atoms with van der Waals surface area (Å²) in [7, 11) is 0. The molecule has 1 fully saturated rings. The molecule has 1 aliphatic rings. The third-order valence-electron chi connectivity index (χ3n) is 3.92. The van der Waals surface area contributed by atoms with Crippen molar-refractivity contribution in [3.05, 3.63) is 28.8 Å². The lowest BCUT2D eigenvalue weighted by atomic mass is 9.95. The summed E-state index contributed by atoms with van der Waals surface area (Å²) in [5.74, 6) is 0.663. The van der Waals surface area contributed by atoms with Gasteiger partial charge in [0.05, 0.1) is 20.8 Å². The van der Waals surface area contributed by atoms with Crippen LogP contribution >= 0.6 is 11.3 Å². The molecule has 0 amide bonds. The standard InChI is InChI=1S/C15H17F3N2S/c16-15(17,18)11-4-5-13-12(8-11)20-14(21-13)6-3-10-2-1-7-19-9-10/h4-5,8,10,19H,1-3,6-7,9H2. The lowest BCUT2D eigenvalue weighted by Gasteiger charge is -2.21. The van der Waals surface area contributed by atoms with E-state index in [4.69, 9.17) is 0 Å². The zero-order chi connectivity index (χ0) is 14.9. The highest BCUT2D eigenvalue weighted by Gasteiger charge is 2.30. The number of aromatic nitrogens is 1. The van der Waals surface area contributed by atoms with Crippen LogP contribution in [-0.2, 0) is 12.6 Å². The molecule has 2 nitrogen and oxygen atoms in total. The number of benzene rings is 1. The minimum Gasteiger partial charge on any atom is -0.316 e. The molecule has 0 spiro atoms. The van der Waals surface area contributed by atoms with Gasteiger partial charge in [0.15, 0.2) is 0 Å². The fraction of sp³-hybridized carbons (Fsp3) is 0.533. The van der Waals surface area contributed by atoms with E-state index in [9.17, 15) is 13.2 Å². The number of piperidine rings is 1. The van der Waals surface area contributed by atoms with Gasteiger partial charge in [-0.1, -0.05) is 0 Å². The zero-order valence-corrected chi connectivity index (χ0v) is 12.4. The van der Waals surface area contributed by atoms with Crippen molar-refractivity contribution in [2.75, 3.05) is 13.1 Å². The molecule has 6 heteroatoms. The van der Waals surface area contributed by atoms with E-state index in [1.54, 1.807) is 0 Å². The highest BCUT2D eigenvalue weighted by Crippen LogP contribution is 2.33. The molecule has 1 aliphatic heterocycles. The average molecular weight is 314 g/mol. The number of hydrogen-bond acceptors (Lipinski definition) is 3. The number of alkyl halides is 3. The summed E-state index contributed by atoms with van der Waals surface area (Å²) in [5.41, 5.74) is -0.157. The Balaban J connectivity index is 1.71. The van der Waals surface area contributed by atoms with Crippen molar-refractivity contribution in [3.63, 3.8) is 0 Å². The van der Waals surface area contributed by atoms with Gasteiger partial charge in [-0.3, -0.25) is 0 Å². The molecule has 1 saturated heterocycles. The highest BCUT2D eigenvalue weighted by molar-refractivity contribution is 7.18. The predicted molar refractivity (Wildman–Crippen MR) is 78.5 cm³/mol. The number of nitrogens with zero attached hydrogens (tertiary/aromatic N) is 1. The minimum absolute atomic E-state index is 0.464. The van der Waals surface area contributed by atoms with Crippen LogP contribution in [0.2, 0.25) is 0 Å². The maximum Gasteiger partial charge on any atom is 0.416 e. The molecule has 3 rings (SSSR count). The summed E-state index contributed by atoms with van der Waals surface area (Å²) in [4.78, 5) is 4.37. The summed E-state index contributed by atoms with van der Waals surface area (Å²) >= 11 is 1.51. The number of aryl methyl sites for hydroxylation is 1. The first-order chi connectivity index (χ1) is 10.0. The first kappa shape index (κ1) is 14.8. The summed E-state index contributed by atoms with van der Waals surface area (Å²) < 4.78 is 38.9. The van der Waals surface area contributed by atoms with Gasteiger partial charge in [0.2, 0.25) is 0 Å². The third-order valence-corrected chi connectivity index (χ3v) is 5.02. The zero-order valence-electron chi connectivity index (χ0n) is 11.5. The van der Waals surface area contributed by atoms with Gasteiger partial charge in [-0.2, -0.15) is 13.2 Å². The number of hydrogen-bond donors (Lipinski definition) is 1. The van der Waals surface area contributed by atoms with Crippen molar-refractivity contribution < 1.29 is 13.2 Å².